The van der Waals surface area contributed by atoms with Crippen LogP contribution in [0.5, 0.6) is 0 Å². The maximum absolute atomic E-state index is 11.8. The third-order valence-electron chi connectivity index (χ3n) is 4.20. The molecule has 6 nitrogen and oxygen atoms in total. The summed E-state index contributed by atoms with van der Waals surface area (Å²) in [6.45, 7) is 6.53. The molecule has 27 heavy (non-hydrogen) atoms. The molecule has 2 aromatic carbocycles. The molecule has 1 heterocycles. The summed E-state index contributed by atoms with van der Waals surface area (Å²) in [5, 5.41) is 6.89. The first-order chi connectivity index (χ1) is 12.7. The van der Waals surface area contributed by atoms with E-state index in [2.05, 4.69) is 48.4 Å². The fraction of sp³-hybridized carbons (Fsp3) is 0.286. The van der Waals surface area contributed by atoms with Gasteiger partial charge in [-0.25, -0.2) is 4.79 Å². The van der Waals surface area contributed by atoms with Crippen LogP contribution in [0, 0.1) is 0 Å². The van der Waals surface area contributed by atoms with Gasteiger partial charge in [0.25, 0.3) is 5.89 Å². The van der Waals surface area contributed by atoms with Crippen molar-refractivity contribution in [2.24, 2.45) is 0 Å². The van der Waals surface area contributed by atoms with Gasteiger partial charge in [0.15, 0.2) is 0 Å². The molecule has 0 aliphatic rings. The summed E-state index contributed by atoms with van der Waals surface area (Å²) in [6.07, 6.45) is 0. The molecule has 0 fully saturated rings. The van der Waals surface area contributed by atoms with Crippen LogP contribution in [0.2, 0.25) is 0 Å². The highest BCUT2D eigenvalue weighted by molar-refractivity contribution is 5.89. The van der Waals surface area contributed by atoms with Gasteiger partial charge in [-0.3, -0.25) is 0 Å². The van der Waals surface area contributed by atoms with Gasteiger partial charge in [0.1, 0.15) is 0 Å². The van der Waals surface area contributed by atoms with E-state index in [4.69, 9.17) is 4.52 Å². The first kappa shape index (κ1) is 18.6. The maximum atomic E-state index is 11.8. The number of aromatic nitrogens is 2. The predicted octanol–water partition coefficient (Wildman–Crippen LogP) is 4.79. The second-order valence-electron chi connectivity index (χ2n) is 7.66. The van der Waals surface area contributed by atoms with E-state index < -0.39 is 0 Å². The van der Waals surface area contributed by atoms with Crippen molar-refractivity contribution < 1.29 is 9.32 Å². The van der Waals surface area contributed by atoms with E-state index in [0.29, 0.717) is 17.4 Å². The number of hydrogen-bond acceptors (Lipinski definition) is 4. The minimum absolute atomic E-state index is 0.0932. The molecule has 0 saturated heterocycles. The molecule has 0 aliphatic carbocycles. The lowest BCUT2D eigenvalue weighted by molar-refractivity contribution is 0.230. The molecule has 3 rings (SSSR count). The highest BCUT2D eigenvalue weighted by Gasteiger charge is 2.15. The minimum Gasteiger partial charge on any atom is -0.334 e. The lowest BCUT2D eigenvalue weighted by Gasteiger charge is -2.18. The Morgan fingerprint density at radius 1 is 1.04 bits per heavy atom. The molecule has 0 aliphatic heterocycles. The van der Waals surface area contributed by atoms with Crippen molar-refractivity contribution in [3.8, 4) is 22.8 Å². The number of amides is 2. The number of urea groups is 1. The predicted molar refractivity (Wildman–Crippen MR) is 107 cm³/mol. The van der Waals surface area contributed by atoms with Crippen molar-refractivity contribution in [2.75, 3.05) is 19.4 Å². The summed E-state index contributed by atoms with van der Waals surface area (Å²) in [6, 6.07) is 15.3. The summed E-state index contributed by atoms with van der Waals surface area (Å²) in [4.78, 5) is 17.8. The highest BCUT2D eigenvalue weighted by atomic mass is 16.5. The topological polar surface area (TPSA) is 71.3 Å². The molecular weight excluding hydrogens is 340 g/mol. The van der Waals surface area contributed by atoms with Gasteiger partial charge in [-0.05, 0) is 35.2 Å². The molecule has 3 aromatic rings. The summed E-state index contributed by atoms with van der Waals surface area (Å²) in [5.74, 6) is 0.944. The van der Waals surface area contributed by atoms with Gasteiger partial charge in [-0.2, -0.15) is 4.98 Å². The van der Waals surface area contributed by atoms with Crippen LogP contribution in [0.25, 0.3) is 22.8 Å². The molecule has 1 N–H and O–H groups in total. The number of hydrogen-bond donors (Lipinski definition) is 1. The van der Waals surface area contributed by atoms with Crippen molar-refractivity contribution in [2.45, 2.75) is 26.2 Å². The zero-order chi connectivity index (χ0) is 19.6. The van der Waals surface area contributed by atoms with Gasteiger partial charge in [-0.1, -0.05) is 50.2 Å². The van der Waals surface area contributed by atoms with E-state index in [-0.39, 0.29) is 11.4 Å². The van der Waals surface area contributed by atoms with Crippen molar-refractivity contribution >= 4 is 11.7 Å². The SMILES string of the molecule is CN(C)C(=O)Nc1cccc(-c2noc(-c3ccc(C(C)(C)C)cc3)n2)c1. The van der Waals surface area contributed by atoms with E-state index in [1.165, 1.54) is 10.5 Å². The normalized spacial score (nSPS) is 11.3. The lowest BCUT2D eigenvalue weighted by atomic mass is 9.87. The Kier molecular flexibility index (Phi) is 4.99. The minimum atomic E-state index is -0.195. The van der Waals surface area contributed by atoms with Gasteiger partial charge >= 0.3 is 6.03 Å². The number of rotatable bonds is 3. The molecule has 0 bridgehead atoms. The van der Waals surface area contributed by atoms with E-state index in [1.54, 1.807) is 14.1 Å². The molecule has 6 heteroatoms. The van der Waals surface area contributed by atoms with Crippen molar-refractivity contribution in [3.05, 3.63) is 54.1 Å². The average molecular weight is 364 g/mol. The van der Waals surface area contributed by atoms with Gasteiger partial charge in [0, 0.05) is 30.9 Å². The number of nitrogens with one attached hydrogen (secondary N) is 1. The third kappa shape index (κ3) is 4.34. The summed E-state index contributed by atoms with van der Waals surface area (Å²) in [7, 11) is 3.38. The molecule has 1 aromatic heterocycles. The molecule has 0 spiro atoms. The van der Waals surface area contributed by atoms with Crippen LogP contribution >= 0.6 is 0 Å². The molecule has 0 radical (unpaired) electrons. The van der Waals surface area contributed by atoms with Crippen LogP contribution in [0.1, 0.15) is 26.3 Å². The first-order valence-corrected chi connectivity index (χ1v) is 8.77. The number of benzene rings is 2. The Labute approximate surface area is 159 Å². The van der Waals surface area contributed by atoms with Crippen LogP contribution in [-0.2, 0) is 5.41 Å². The highest BCUT2D eigenvalue weighted by Crippen LogP contribution is 2.27. The van der Waals surface area contributed by atoms with Gasteiger partial charge in [0.2, 0.25) is 5.82 Å². The second-order valence-corrected chi connectivity index (χ2v) is 7.66. The Hall–Kier alpha value is -3.15. The van der Waals surface area contributed by atoms with Crippen LogP contribution in [0.15, 0.2) is 53.1 Å². The molecule has 0 saturated carbocycles. The largest absolute Gasteiger partial charge is 0.334 e. The molecule has 2 amide bonds. The first-order valence-electron chi connectivity index (χ1n) is 8.77. The zero-order valence-electron chi connectivity index (χ0n) is 16.3. The van der Waals surface area contributed by atoms with Crippen LogP contribution < -0.4 is 5.32 Å². The van der Waals surface area contributed by atoms with Crippen molar-refractivity contribution in [3.63, 3.8) is 0 Å². The van der Waals surface area contributed by atoms with Crippen LogP contribution in [-0.4, -0.2) is 35.2 Å². The van der Waals surface area contributed by atoms with Crippen molar-refractivity contribution in [1.29, 1.82) is 0 Å². The Morgan fingerprint density at radius 3 is 2.37 bits per heavy atom. The number of anilines is 1. The van der Waals surface area contributed by atoms with Gasteiger partial charge in [0.05, 0.1) is 0 Å². The number of carbonyl (C=O) groups excluding carboxylic acids is 1. The standard InChI is InChI=1S/C21H24N4O2/c1-21(2,3)16-11-9-14(10-12-16)19-23-18(24-27-19)15-7-6-8-17(13-15)22-20(26)25(4)5/h6-13H,1-5H3,(H,22,26). The summed E-state index contributed by atoms with van der Waals surface area (Å²) >= 11 is 0. The molecule has 0 atom stereocenters. The third-order valence-corrected chi connectivity index (χ3v) is 4.20. The van der Waals surface area contributed by atoms with E-state index >= 15 is 0 Å². The lowest BCUT2D eigenvalue weighted by Crippen LogP contribution is -2.27. The Bertz CT molecular complexity index is 937. The molecule has 0 unspecified atom stereocenters. The number of carbonyl (C=O) groups is 1. The van der Waals surface area contributed by atoms with E-state index in [9.17, 15) is 4.79 Å². The monoisotopic (exact) mass is 364 g/mol. The van der Waals surface area contributed by atoms with Crippen molar-refractivity contribution in [1.82, 2.24) is 15.0 Å². The van der Waals surface area contributed by atoms with E-state index in [0.717, 1.165) is 11.1 Å². The van der Waals surface area contributed by atoms with Gasteiger partial charge in [-0.15, -0.1) is 0 Å². The molecule has 140 valence electrons. The quantitative estimate of drug-likeness (QED) is 0.725. The summed E-state index contributed by atoms with van der Waals surface area (Å²) < 4.78 is 5.43. The van der Waals surface area contributed by atoms with Gasteiger partial charge < -0.3 is 14.7 Å². The maximum Gasteiger partial charge on any atom is 0.321 e. The Morgan fingerprint density at radius 2 is 1.74 bits per heavy atom. The average Bonchev–Trinajstić information content (AvgIpc) is 3.11. The Balaban J connectivity index is 1.83. The smallest absolute Gasteiger partial charge is 0.321 e. The fourth-order valence-electron chi connectivity index (χ4n) is 2.54. The van der Waals surface area contributed by atoms with Crippen LogP contribution in [0.3, 0.4) is 0 Å². The molecular formula is C21H24N4O2. The summed E-state index contributed by atoms with van der Waals surface area (Å²) in [5.41, 5.74) is 3.66. The number of nitrogens with zero attached hydrogens (tertiary/aromatic N) is 3. The van der Waals surface area contributed by atoms with Crippen LogP contribution in [0.4, 0.5) is 10.5 Å². The zero-order valence-corrected chi connectivity index (χ0v) is 16.3. The fourth-order valence-corrected chi connectivity index (χ4v) is 2.54. The second kappa shape index (κ2) is 7.23. The van der Waals surface area contributed by atoms with E-state index in [1.807, 2.05) is 36.4 Å².